The van der Waals surface area contributed by atoms with Crippen LogP contribution in [0.3, 0.4) is 0 Å². The van der Waals surface area contributed by atoms with E-state index >= 15 is 0 Å². The molecule has 0 aliphatic heterocycles. The number of anilines is 1. The van der Waals surface area contributed by atoms with Gasteiger partial charge >= 0.3 is 0 Å². The number of benzene rings is 2. The lowest BCUT2D eigenvalue weighted by Gasteiger charge is -2.19. The third kappa shape index (κ3) is 3.65. The second-order valence-corrected chi connectivity index (χ2v) is 8.19. The van der Waals surface area contributed by atoms with Gasteiger partial charge in [0, 0.05) is 6.20 Å². The maximum atomic E-state index is 13.6. The zero-order chi connectivity index (χ0) is 22.1. The molecule has 0 aliphatic rings. The number of fused-ring (bicyclic) bond motifs is 2. The van der Waals surface area contributed by atoms with Crippen molar-refractivity contribution < 1.29 is 9.53 Å². The number of para-hydroxylation sites is 2. The molecule has 7 nitrogen and oxygen atoms in total. The minimum Gasteiger partial charge on any atom is -0.494 e. The van der Waals surface area contributed by atoms with Crippen molar-refractivity contribution in [2.45, 2.75) is 13.5 Å². The van der Waals surface area contributed by atoms with E-state index in [1.165, 1.54) is 17.5 Å². The van der Waals surface area contributed by atoms with Gasteiger partial charge in [-0.05, 0) is 42.8 Å². The number of thiazole rings is 1. The number of pyridine rings is 1. The van der Waals surface area contributed by atoms with E-state index in [1.807, 2.05) is 61.5 Å². The second kappa shape index (κ2) is 8.32. The van der Waals surface area contributed by atoms with Crippen LogP contribution in [0.15, 0.2) is 67.0 Å². The molecule has 0 aliphatic carbocycles. The maximum Gasteiger partial charge on any atom is 0.280 e. The normalized spacial score (nSPS) is 11.1. The average molecular weight is 442 g/mol. The van der Waals surface area contributed by atoms with Crippen molar-refractivity contribution in [3.63, 3.8) is 0 Å². The molecule has 32 heavy (non-hydrogen) atoms. The van der Waals surface area contributed by atoms with E-state index in [-0.39, 0.29) is 18.1 Å². The number of aryl methyl sites for hydroxylation is 1. The molecule has 3 aromatic heterocycles. The summed E-state index contributed by atoms with van der Waals surface area (Å²) in [7, 11) is 1.62. The molecule has 5 rings (SSSR count). The van der Waals surface area contributed by atoms with Gasteiger partial charge in [-0.2, -0.15) is 0 Å². The monoisotopic (exact) mass is 441 g/mol. The van der Waals surface area contributed by atoms with Crippen LogP contribution >= 0.6 is 11.3 Å². The molecule has 0 N–H and O–H groups in total. The maximum absolute atomic E-state index is 13.6. The van der Waals surface area contributed by atoms with Crippen LogP contribution in [-0.2, 0) is 6.54 Å². The Morgan fingerprint density at radius 1 is 1.00 bits per heavy atom. The zero-order valence-electron chi connectivity index (χ0n) is 17.5. The van der Waals surface area contributed by atoms with E-state index in [9.17, 15) is 4.79 Å². The molecule has 1 amide bonds. The largest absolute Gasteiger partial charge is 0.494 e. The number of amides is 1. The topological polar surface area (TPSA) is 81.1 Å². The van der Waals surface area contributed by atoms with Gasteiger partial charge in [0.05, 0.1) is 41.3 Å². The highest BCUT2D eigenvalue weighted by atomic mass is 32.1. The molecule has 0 fully saturated rings. The molecule has 2 aromatic carbocycles. The van der Waals surface area contributed by atoms with Crippen LogP contribution in [0, 0.1) is 6.92 Å². The van der Waals surface area contributed by atoms with E-state index in [1.54, 1.807) is 18.2 Å². The molecule has 0 radical (unpaired) electrons. The molecule has 5 aromatic rings. The van der Waals surface area contributed by atoms with Gasteiger partial charge in [-0.1, -0.05) is 35.6 Å². The quantitative estimate of drug-likeness (QED) is 0.390. The zero-order valence-corrected chi connectivity index (χ0v) is 18.3. The van der Waals surface area contributed by atoms with E-state index < -0.39 is 0 Å². The first kappa shape index (κ1) is 20.0. The first-order valence-electron chi connectivity index (χ1n) is 10.0. The summed E-state index contributed by atoms with van der Waals surface area (Å²) in [6.07, 6.45) is 3.22. The summed E-state index contributed by atoms with van der Waals surface area (Å²) in [6, 6.07) is 17.0. The van der Waals surface area contributed by atoms with Gasteiger partial charge in [-0.15, -0.1) is 0 Å². The average Bonchev–Trinajstić information content (AvgIpc) is 3.29. The lowest BCUT2D eigenvalue weighted by molar-refractivity contribution is 0.0980. The Hall–Kier alpha value is -3.91. The number of nitrogens with zero attached hydrogens (tertiary/aromatic N) is 5. The highest BCUT2D eigenvalue weighted by molar-refractivity contribution is 7.22. The molecule has 0 spiro atoms. The lowest BCUT2D eigenvalue weighted by atomic mass is 10.2. The SMILES string of the molecule is COc1ccc(C)c2sc(N(Cc3ccccn3)C(=O)c3cnc4ccccc4n3)nc12. The first-order chi connectivity index (χ1) is 15.6. The van der Waals surface area contributed by atoms with Crippen molar-refractivity contribution in [1.82, 2.24) is 19.9 Å². The summed E-state index contributed by atoms with van der Waals surface area (Å²) in [4.78, 5) is 33.4. The van der Waals surface area contributed by atoms with Crippen LogP contribution in [0.5, 0.6) is 5.75 Å². The Bertz CT molecular complexity index is 1430. The molecule has 0 bridgehead atoms. The summed E-state index contributed by atoms with van der Waals surface area (Å²) in [5.74, 6) is 0.383. The summed E-state index contributed by atoms with van der Waals surface area (Å²) >= 11 is 1.45. The number of carbonyl (C=O) groups excluding carboxylic acids is 1. The van der Waals surface area contributed by atoms with Crippen LogP contribution in [0.25, 0.3) is 21.3 Å². The predicted octanol–water partition coefficient (Wildman–Crippen LogP) is 4.80. The summed E-state index contributed by atoms with van der Waals surface area (Å²) < 4.78 is 6.47. The van der Waals surface area contributed by atoms with Gasteiger partial charge in [0.1, 0.15) is 17.0 Å². The molecule has 158 valence electrons. The molecule has 0 saturated heterocycles. The fourth-order valence-corrected chi connectivity index (χ4v) is 4.51. The van der Waals surface area contributed by atoms with E-state index in [0.29, 0.717) is 16.4 Å². The van der Waals surface area contributed by atoms with Crippen molar-refractivity contribution in [2.75, 3.05) is 12.0 Å². The number of hydrogen-bond donors (Lipinski definition) is 0. The van der Waals surface area contributed by atoms with Crippen molar-refractivity contribution in [3.8, 4) is 5.75 Å². The number of aromatic nitrogens is 4. The summed E-state index contributed by atoms with van der Waals surface area (Å²) in [5, 5.41) is 0.554. The predicted molar refractivity (Wildman–Crippen MR) is 125 cm³/mol. The van der Waals surface area contributed by atoms with Gasteiger partial charge in [-0.3, -0.25) is 19.7 Å². The number of carbonyl (C=O) groups is 1. The highest BCUT2D eigenvalue weighted by Gasteiger charge is 2.25. The Labute approximate surface area is 188 Å². The molecule has 0 atom stereocenters. The van der Waals surface area contributed by atoms with Crippen molar-refractivity contribution in [1.29, 1.82) is 0 Å². The van der Waals surface area contributed by atoms with Crippen LogP contribution in [0.1, 0.15) is 21.7 Å². The van der Waals surface area contributed by atoms with Gasteiger partial charge in [0.15, 0.2) is 5.13 Å². The van der Waals surface area contributed by atoms with E-state index in [2.05, 4.69) is 15.0 Å². The molecule has 0 saturated carbocycles. The summed E-state index contributed by atoms with van der Waals surface area (Å²) in [5.41, 5.74) is 4.20. The van der Waals surface area contributed by atoms with Crippen LogP contribution in [-0.4, -0.2) is 33.0 Å². The van der Waals surface area contributed by atoms with Crippen molar-refractivity contribution in [3.05, 3.63) is 83.9 Å². The van der Waals surface area contributed by atoms with E-state index in [4.69, 9.17) is 9.72 Å². The molecular weight excluding hydrogens is 422 g/mol. The molecule has 0 unspecified atom stereocenters. The Morgan fingerprint density at radius 2 is 1.81 bits per heavy atom. The van der Waals surface area contributed by atoms with Crippen LogP contribution < -0.4 is 9.64 Å². The van der Waals surface area contributed by atoms with Gasteiger partial charge in [0.25, 0.3) is 5.91 Å². The van der Waals surface area contributed by atoms with Gasteiger partial charge in [-0.25, -0.2) is 9.97 Å². The standard InChI is InChI=1S/C24H19N5O2S/c1-15-10-11-20(31-2)21-22(15)32-24(28-21)29(14-16-7-5-6-12-25-16)23(30)19-13-26-17-8-3-4-9-18(17)27-19/h3-13H,14H2,1-2H3. The van der Waals surface area contributed by atoms with Gasteiger partial charge in [0.2, 0.25) is 0 Å². The number of hydrogen-bond acceptors (Lipinski definition) is 7. The molecule has 3 heterocycles. The summed E-state index contributed by atoms with van der Waals surface area (Å²) in [6.45, 7) is 2.28. The minimum atomic E-state index is -0.287. The third-order valence-corrected chi connectivity index (χ3v) is 6.32. The van der Waals surface area contributed by atoms with Crippen molar-refractivity contribution in [2.24, 2.45) is 0 Å². The molecule has 8 heteroatoms. The Morgan fingerprint density at radius 3 is 2.59 bits per heavy atom. The van der Waals surface area contributed by atoms with Crippen LogP contribution in [0.4, 0.5) is 5.13 Å². The smallest absolute Gasteiger partial charge is 0.280 e. The fourth-order valence-electron chi connectivity index (χ4n) is 3.46. The molecular formula is C24H19N5O2S. The fraction of sp³-hybridized carbons (Fsp3) is 0.125. The number of ether oxygens (including phenoxy) is 1. The Kier molecular flexibility index (Phi) is 5.20. The second-order valence-electron chi connectivity index (χ2n) is 7.22. The highest BCUT2D eigenvalue weighted by Crippen LogP contribution is 2.37. The Balaban J connectivity index is 1.62. The third-order valence-electron chi connectivity index (χ3n) is 5.10. The number of methoxy groups -OCH3 is 1. The van der Waals surface area contributed by atoms with Crippen LogP contribution in [0.2, 0.25) is 0 Å². The first-order valence-corrected chi connectivity index (χ1v) is 10.8. The minimum absolute atomic E-state index is 0.252. The number of rotatable bonds is 5. The lowest BCUT2D eigenvalue weighted by Crippen LogP contribution is -2.31. The van der Waals surface area contributed by atoms with Gasteiger partial charge < -0.3 is 4.74 Å². The van der Waals surface area contributed by atoms with E-state index in [0.717, 1.165) is 27.0 Å². The van der Waals surface area contributed by atoms with Crippen molar-refractivity contribution >= 4 is 43.6 Å².